The molecule has 0 aliphatic carbocycles. The maximum Gasteiger partial charge on any atom is 0.305 e. The number of ether oxygens (including phenoxy) is 1. The van der Waals surface area contributed by atoms with Crippen molar-refractivity contribution in [2.75, 3.05) is 13.2 Å². The molecule has 0 aromatic heterocycles. The van der Waals surface area contributed by atoms with E-state index >= 15 is 0 Å². The van der Waals surface area contributed by atoms with E-state index in [0.717, 1.165) is 25.8 Å². The highest BCUT2D eigenvalue weighted by Gasteiger charge is 2.09. The van der Waals surface area contributed by atoms with Crippen LogP contribution in [0, 0.1) is 0 Å². The second-order valence-corrected chi connectivity index (χ2v) is 4.61. The molecule has 0 radical (unpaired) electrons. The first-order valence-electron chi connectivity index (χ1n) is 7.21. The number of benzene rings is 1. The normalized spacial score (nSPS) is 12.1. The Labute approximate surface area is 116 Å². The average Bonchev–Trinajstić information content (AvgIpc) is 2.43. The topological polar surface area (TPSA) is 38.3 Å². The van der Waals surface area contributed by atoms with Crippen LogP contribution >= 0.6 is 0 Å². The van der Waals surface area contributed by atoms with Gasteiger partial charge in [0.25, 0.3) is 0 Å². The zero-order chi connectivity index (χ0) is 13.9. The number of esters is 1. The summed E-state index contributed by atoms with van der Waals surface area (Å²) in [6.07, 6.45) is 3.58. The first kappa shape index (κ1) is 15.7. The Balaban J connectivity index is 2.33. The fraction of sp³-hybridized carbons (Fsp3) is 0.562. The zero-order valence-corrected chi connectivity index (χ0v) is 12.0. The number of carbonyl (C=O) groups is 1. The largest absolute Gasteiger partial charge is 0.466 e. The van der Waals surface area contributed by atoms with Gasteiger partial charge in [0.2, 0.25) is 0 Å². The monoisotopic (exact) mass is 263 g/mol. The Morgan fingerprint density at radius 2 is 2.00 bits per heavy atom. The Bertz CT molecular complexity index is 351. The lowest BCUT2D eigenvalue weighted by atomic mass is 10.0. The van der Waals surface area contributed by atoms with Crippen molar-refractivity contribution in [2.24, 2.45) is 0 Å². The Hall–Kier alpha value is -1.35. The second kappa shape index (κ2) is 9.56. The van der Waals surface area contributed by atoms with Crippen LogP contribution < -0.4 is 5.32 Å². The summed E-state index contributed by atoms with van der Waals surface area (Å²) in [4.78, 5) is 11.2. The van der Waals surface area contributed by atoms with Gasteiger partial charge in [-0.15, -0.1) is 0 Å². The lowest BCUT2D eigenvalue weighted by molar-refractivity contribution is -0.143. The van der Waals surface area contributed by atoms with Gasteiger partial charge in [-0.3, -0.25) is 4.79 Å². The van der Waals surface area contributed by atoms with E-state index in [9.17, 15) is 4.79 Å². The lowest BCUT2D eigenvalue weighted by Gasteiger charge is -2.18. The van der Waals surface area contributed by atoms with Crippen LogP contribution in [0.15, 0.2) is 30.3 Å². The van der Waals surface area contributed by atoms with Gasteiger partial charge in [-0.25, -0.2) is 0 Å². The maximum atomic E-state index is 11.2. The quantitative estimate of drug-likeness (QED) is 0.547. The van der Waals surface area contributed by atoms with Crippen molar-refractivity contribution in [3.8, 4) is 0 Å². The van der Waals surface area contributed by atoms with Gasteiger partial charge in [-0.05, 0) is 31.9 Å². The Kier molecular flexibility index (Phi) is 7.91. The standard InChI is InChI=1S/C16H25NO2/c1-3-9-15(14-10-6-5-7-11-14)17-13-8-12-16(18)19-4-2/h5-7,10-11,15,17H,3-4,8-9,12-13H2,1-2H3. The third-order valence-electron chi connectivity index (χ3n) is 3.03. The minimum absolute atomic E-state index is 0.101. The van der Waals surface area contributed by atoms with E-state index in [4.69, 9.17) is 4.74 Å². The number of nitrogens with one attached hydrogen (secondary N) is 1. The van der Waals surface area contributed by atoms with Gasteiger partial charge in [-0.2, -0.15) is 0 Å². The summed E-state index contributed by atoms with van der Waals surface area (Å²) in [5.74, 6) is -0.101. The van der Waals surface area contributed by atoms with Gasteiger partial charge in [0.1, 0.15) is 0 Å². The summed E-state index contributed by atoms with van der Waals surface area (Å²) in [6.45, 7) is 5.34. The molecule has 0 amide bonds. The molecule has 0 heterocycles. The minimum atomic E-state index is -0.101. The molecule has 19 heavy (non-hydrogen) atoms. The molecule has 1 rings (SSSR count). The van der Waals surface area contributed by atoms with Crippen molar-refractivity contribution in [1.82, 2.24) is 5.32 Å². The summed E-state index contributed by atoms with van der Waals surface area (Å²) in [5.41, 5.74) is 1.32. The predicted octanol–water partition coefficient (Wildman–Crippen LogP) is 3.46. The highest BCUT2D eigenvalue weighted by molar-refractivity contribution is 5.69. The van der Waals surface area contributed by atoms with Gasteiger partial charge >= 0.3 is 5.97 Å². The summed E-state index contributed by atoms with van der Waals surface area (Å²) in [6, 6.07) is 10.9. The summed E-state index contributed by atoms with van der Waals surface area (Å²) < 4.78 is 4.91. The van der Waals surface area contributed by atoms with Crippen LogP contribution in [0.3, 0.4) is 0 Å². The average molecular weight is 263 g/mol. The molecule has 1 aromatic rings. The number of hydrogen-bond donors (Lipinski definition) is 1. The van der Waals surface area contributed by atoms with Crippen molar-refractivity contribution < 1.29 is 9.53 Å². The molecule has 1 aromatic carbocycles. The third kappa shape index (κ3) is 6.39. The second-order valence-electron chi connectivity index (χ2n) is 4.61. The molecular formula is C16H25NO2. The third-order valence-corrected chi connectivity index (χ3v) is 3.03. The molecule has 1 unspecified atom stereocenters. The predicted molar refractivity (Wildman–Crippen MR) is 78.0 cm³/mol. The summed E-state index contributed by atoms with van der Waals surface area (Å²) in [7, 11) is 0. The molecule has 0 aliphatic heterocycles. The Morgan fingerprint density at radius 3 is 2.63 bits per heavy atom. The highest BCUT2D eigenvalue weighted by atomic mass is 16.5. The molecule has 3 nitrogen and oxygen atoms in total. The van der Waals surface area contributed by atoms with Crippen LogP contribution in [0.2, 0.25) is 0 Å². The molecule has 1 atom stereocenters. The summed E-state index contributed by atoms with van der Waals surface area (Å²) in [5, 5.41) is 3.53. The number of hydrogen-bond acceptors (Lipinski definition) is 3. The van der Waals surface area contributed by atoms with Crippen LogP contribution in [-0.4, -0.2) is 19.1 Å². The lowest BCUT2D eigenvalue weighted by Crippen LogP contribution is -2.23. The number of carbonyl (C=O) groups excluding carboxylic acids is 1. The fourth-order valence-electron chi connectivity index (χ4n) is 2.10. The molecule has 0 aliphatic rings. The van der Waals surface area contributed by atoms with E-state index in [1.165, 1.54) is 5.56 Å². The highest BCUT2D eigenvalue weighted by Crippen LogP contribution is 2.17. The van der Waals surface area contributed by atoms with Crippen LogP contribution in [-0.2, 0) is 9.53 Å². The van der Waals surface area contributed by atoms with E-state index in [1.54, 1.807) is 0 Å². The number of rotatable bonds is 9. The first-order chi connectivity index (χ1) is 9.27. The van der Waals surface area contributed by atoms with Crippen molar-refractivity contribution in [2.45, 2.75) is 45.6 Å². The van der Waals surface area contributed by atoms with E-state index in [-0.39, 0.29) is 5.97 Å². The molecular weight excluding hydrogens is 238 g/mol. The molecule has 0 bridgehead atoms. The Morgan fingerprint density at radius 1 is 1.26 bits per heavy atom. The smallest absolute Gasteiger partial charge is 0.305 e. The van der Waals surface area contributed by atoms with Crippen LogP contribution in [0.5, 0.6) is 0 Å². The van der Waals surface area contributed by atoms with Gasteiger partial charge < -0.3 is 10.1 Å². The van der Waals surface area contributed by atoms with E-state index in [0.29, 0.717) is 19.1 Å². The molecule has 0 spiro atoms. The summed E-state index contributed by atoms with van der Waals surface area (Å²) >= 11 is 0. The molecule has 0 saturated carbocycles. The van der Waals surface area contributed by atoms with Crippen molar-refractivity contribution in [3.05, 3.63) is 35.9 Å². The van der Waals surface area contributed by atoms with Gasteiger partial charge in [0.15, 0.2) is 0 Å². The van der Waals surface area contributed by atoms with Crippen LogP contribution in [0.4, 0.5) is 0 Å². The SMILES string of the molecule is CCCC(NCCCC(=O)OCC)c1ccccc1. The molecule has 0 saturated heterocycles. The van der Waals surface area contributed by atoms with E-state index in [2.05, 4.69) is 36.5 Å². The molecule has 3 heteroatoms. The van der Waals surface area contributed by atoms with E-state index in [1.807, 2.05) is 13.0 Å². The molecule has 0 fully saturated rings. The van der Waals surface area contributed by atoms with Gasteiger partial charge in [0, 0.05) is 12.5 Å². The van der Waals surface area contributed by atoms with Crippen LogP contribution in [0.25, 0.3) is 0 Å². The van der Waals surface area contributed by atoms with Crippen molar-refractivity contribution in [1.29, 1.82) is 0 Å². The van der Waals surface area contributed by atoms with Crippen LogP contribution in [0.1, 0.15) is 51.1 Å². The molecule has 106 valence electrons. The van der Waals surface area contributed by atoms with Gasteiger partial charge in [-0.1, -0.05) is 43.7 Å². The van der Waals surface area contributed by atoms with E-state index < -0.39 is 0 Å². The maximum absolute atomic E-state index is 11.2. The first-order valence-corrected chi connectivity index (χ1v) is 7.21. The molecule has 1 N–H and O–H groups in total. The zero-order valence-electron chi connectivity index (χ0n) is 12.0. The minimum Gasteiger partial charge on any atom is -0.466 e. The van der Waals surface area contributed by atoms with Crippen molar-refractivity contribution in [3.63, 3.8) is 0 Å². The van der Waals surface area contributed by atoms with Gasteiger partial charge in [0.05, 0.1) is 6.61 Å². The fourth-order valence-corrected chi connectivity index (χ4v) is 2.10. The van der Waals surface area contributed by atoms with Crippen molar-refractivity contribution >= 4 is 5.97 Å².